The first kappa shape index (κ1) is 10.3. The average Bonchev–Trinajstić information content (AvgIpc) is 2.94. The van der Waals surface area contributed by atoms with E-state index in [1.807, 2.05) is 11.8 Å². The number of aliphatic imine (C=N–C) groups is 1. The van der Waals surface area contributed by atoms with Crippen LogP contribution in [0, 0.1) is 5.92 Å². The van der Waals surface area contributed by atoms with Gasteiger partial charge >= 0.3 is 0 Å². The van der Waals surface area contributed by atoms with E-state index >= 15 is 0 Å². The standard InChI is InChI=1S/C11H20N2S/c1-2-3-4-7-12-11-13-8-10(14-11)9-5-6-9/h9-10H,2-8H2,1H3,(H,12,13). The van der Waals surface area contributed by atoms with Crippen LogP contribution in [0.3, 0.4) is 0 Å². The van der Waals surface area contributed by atoms with Crippen LogP contribution in [0.5, 0.6) is 0 Å². The number of nitrogens with zero attached hydrogens (tertiary/aromatic N) is 1. The van der Waals surface area contributed by atoms with Crippen molar-refractivity contribution in [2.45, 2.75) is 44.3 Å². The second kappa shape index (κ2) is 5.06. The van der Waals surface area contributed by atoms with Crippen molar-refractivity contribution in [3.05, 3.63) is 0 Å². The van der Waals surface area contributed by atoms with Crippen LogP contribution in [-0.2, 0) is 0 Å². The lowest BCUT2D eigenvalue weighted by Crippen LogP contribution is -2.20. The van der Waals surface area contributed by atoms with Crippen molar-refractivity contribution in [3.8, 4) is 0 Å². The van der Waals surface area contributed by atoms with E-state index in [4.69, 9.17) is 0 Å². The minimum absolute atomic E-state index is 0.809. The maximum absolute atomic E-state index is 4.54. The molecule has 3 heteroatoms. The molecule has 1 aliphatic carbocycles. The normalized spacial score (nSPS) is 26.4. The highest BCUT2D eigenvalue weighted by molar-refractivity contribution is 8.14. The zero-order valence-electron chi connectivity index (χ0n) is 8.96. The Morgan fingerprint density at radius 3 is 3.00 bits per heavy atom. The van der Waals surface area contributed by atoms with Gasteiger partial charge in [0.15, 0.2) is 5.17 Å². The number of hydrogen-bond acceptors (Lipinski definition) is 3. The molecule has 80 valence electrons. The highest BCUT2D eigenvalue weighted by Gasteiger charge is 2.35. The van der Waals surface area contributed by atoms with Crippen LogP contribution in [0.25, 0.3) is 0 Å². The average molecular weight is 212 g/mol. The first-order chi connectivity index (χ1) is 6.90. The fraction of sp³-hybridized carbons (Fsp3) is 0.909. The quantitative estimate of drug-likeness (QED) is 0.709. The summed E-state index contributed by atoms with van der Waals surface area (Å²) in [5, 5.41) is 5.46. The van der Waals surface area contributed by atoms with Gasteiger partial charge in [-0.15, -0.1) is 0 Å². The molecule has 0 aromatic rings. The molecule has 0 spiro atoms. The number of hydrogen-bond donors (Lipinski definition) is 1. The summed E-state index contributed by atoms with van der Waals surface area (Å²) in [7, 11) is 0. The summed E-state index contributed by atoms with van der Waals surface area (Å²) in [5.41, 5.74) is 0. The van der Waals surface area contributed by atoms with E-state index in [0.717, 1.165) is 24.3 Å². The van der Waals surface area contributed by atoms with Gasteiger partial charge in [-0.3, -0.25) is 4.99 Å². The van der Waals surface area contributed by atoms with Crippen LogP contribution in [0.1, 0.15) is 39.0 Å². The second-order valence-corrected chi connectivity index (χ2v) is 5.50. The van der Waals surface area contributed by atoms with Gasteiger partial charge in [-0.05, 0) is 25.2 Å². The number of rotatable bonds is 5. The van der Waals surface area contributed by atoms with E-state index in [1.54, 1.807) is 0 Å². The molecule has 0 bridgehead atoms. The molecule has 1 heterocycles. The van der Waals surface area contributed by atoms with Crippen molar-refractivity contribution in [2.75, 3.05) is 13.1 Å². The molecule has 0 aromatic carbocycles. The van der Waals surface area contributed by atoms with Gasteiger partial charge in [0.05, 0.1) is 6.54 Å². The largest absolute Gasteiger partial charge is 0.365 e. The summed E-state index contributed by atoms with van der Waals surface area (Å²) in [6.07, 6.45) is 6.79. The third kappa shape index (κ3) is 2.91. The molecule has 1 unspecified atom stereocenters. The smallest absolute Gasteiger partial charge is 0.156 e. The molecule has 0 saturated heterocycles. The zero-order chi connectivity index (χ0) is 9.80. The van der Waals surface area contributed by atoms with Crippen LogP contribution in [0.4, 0.5) is 0 Å². The Labute approximate surface area is 90.9 Å². The maximum atomic E-state index is 4.54. The van der Waals surface area contributed by atoms with E-state index in [1.165, 1.54) is 37.3 Å². The molecular weight excluding hydrogens is 192 g/mol. The van der Waals surface area contributed by atoms with E-state index < -0.39 is 0 Å². The van der Waals surface area contributed by atoms with E-state index in [-0.39, 0.29) is 0 Å². The van der Waals surface area contributed by atoms with Gasteiger partial charge in [0.1, 0.15) is 0 Å². The maximum Gasteiger partial charge on any atom is 0.156 e. The van der Waals surface area contributed by atoms with E-state index in [2.05, 4.69) is 17.2 Å². The van der Waals surface area contributed by atoms with Gasteiger partial charge in [0, 0.05) is 11.8 Å². The fourth-order valence-corrected chi connectivity index (χ4v) is 3.01. The van der Waals surface area contributed by atoms with Gasteiger partial charge in [0.2, 0.25) is 0 Å². The van der Waals surface area contributed by atoms with Crippen molar-refractivity contribution in [1.82, 2.24) is 5.32 Å². The molecule has 1 aliphatic heterocycles. The van der Waals surface area contributed by atoms with E-state index in [9.17, 15) is 0 Å². The number of amidine groups is 1. The van der Waals surface area contributed by atoms with E-state index in [0.29, 0.717) is 0 Å². The Morgan fingerprint density at radius 2 is 2.29 bits per heavy atom. The molecule has 1 atom stereocenters. The monoisotopic (exact) mass is 212 g/mol. The number of unbranched alkanes of at least 4 members (excludes halogenated alkanes) is 2. The van der Waals surface area contributed by atoms with Crippen molar-refractivity contribution in [1.29, 1.82) is 0 Å². The molecule has 0 aromatic heterocycles. The number of thioether (sulfide) groups is 1. The fourth-order valence-electron chi connectivity index (χ4n) is 1.77. The lowest BCUT2D eigenvalue weighted by atomic mass is 10.2. The van der Waals surface area contributed by atoms with Crippen LogP contribution in [0.2, 0.25) is 0 Å². The Kier molecular flexibility index (Phi) is 3.74. The SMILES string of the molecule is CCCCCNC1=NCC(C2CC2)S1. The first-order valence-electron chi connectivity index (χ1n) is 5.85. The molecule has 0 amide bonds. The zero-order valence-corrected chi connectivity index (χ0v) is 9.78. The molecule has 2 aliphatic rings. The molecule has 1 N–H and O–H groups in total. The molecule has 2 nitrogen and oxygen atoms in total. The van der Waals surface area contributed by atoms with Gasteiger partial charge < -0.3 is 5.32 Å². The highest BCUT2D eigenvalue weighted by atomic mass is 32.2. The lowest BCUT2D eigenvalue weighted by molar-refractivity contribution is 0.697. The van der Waals surface area contributed by atoms with Crippen LogP contribution in [0.15, 0.2) is 4.99 Å². The minimum Gasteiger partial charge on any atom is -0.365 e. The Hall–Kier alpha value is -0.180. The predicted molar refractivity (Wildman–Crippen MR) is 63.9 cm³/mol. The molecule has 0 radical (unpaired) electrons. The summed E-state index contributed by atoms with van der Waals surface area (Å²) >= 11 is 1.98. The third-order valence-electron chi connectivity index (χ3n) is 2.88. The Morgan fingerprint density at radius 1 is 1.43 bits per heavy atom. The minimum atomic E-state index is 0.809. The van der Waals surface area contributed by atoms with Crippen molar-refractivity contribution in [2.24, 2.45) is 10.9 Å². The molecule has 1 fully saturated rings. The molecule has 2 rings (SSSR count). The summed E-state index contributed by atoms with van der Waals surface area (Å²) < 4.78 is 0. The lowest BCUT2D eigenvalue weighted by Gasteiger charge is -2.07. The van der Waals surface area contributed by atoms with Gasteiger partial charge in [-0.1, -0.05) is 31.5 Å². The summed E-state index contributed by atoms with van der Waals surface area (Å²) in [4.78, 5) is 4.54. The van der Waals surface area contributed by atoms with Gasteiger partial charge in [0.25, 0.3) is 0 Å². The summed E-state index contributed by atoms with van der Waals surface area (Å²) in [6.45, 7) is 4.41. The molecule has 14 heavy (non-hydrogen) atoms. The molecular formula is C11H20N2S. The van der Waals surface area contributed by atoms with Gasteiger partial charge in [-0.2, -0.15) is 0 Å². The van der Waals surface area contributed by atoms with Gasteiger partial charge in [-0.25, -0.2) is 0 Å². The van der Waals surface area contributed by atoms with Crippen molar-refractivity contribution in [3.63, 3.8) is 0 Å². The van der Waals surface area contributed by atoms with Crippen LogP contribution >= 0.6 is 11.8 Å². The highest BCUT2D eigenvalue weighted by Crippen LogP contribution is 2.41. The molecule has 1 saturated carbocycles. The summed E-state index contributed by atoms with van der Waals surface area (Å²) in [5.74, 6) is 0.985. The van der Waals surface area contributed by atoms with Crippen LogP contribution in [-0.4, -0.2) is 23.5 Å². The van der Waals surface area contributed by atoms with Crippen molar-refractivity contribution >= 4 is 16.9 Å². The van der Waals surface area contributed by atoms with Crippen LogP contribution < -0.4 is 5.32 Å². The Balaban J connectivity index is 1.58. The van der Waals surface area contributed by atoms with Crippen molar-refractivity contribution < 1.29 is 0 Å². The second-order valence-electron chi connectivity index (χ2n) is 4.27. The predicted octanol–water partition coefficient (Wildman–Crippen LogP) is 2.65. The first-order valence-corrected chi connectivity index (χ1v) is 6.73. The number of nitrogens with one attached hydrogen (secondary N) is 1. The third-order valence-corrected chi connectivity index (χ3v) is 4.22. The topological polar surface area (TPSA) is 24.4 Å². The Bertz CT molecular complexity index is 211. The summed E-state index contributed by atoms with van der Waals surface area (Å²) in [6, 6.07) is 0.